The number of hydrogen-bond donors (Lipinski definition) is 3. The summed E-state index contributed by atoms with van der Waals surface area (Å²) in [6.45, 7) is 0. The molecule has 9 heteroatoms. The summed E-state index contributed by atoms with van der Waals surface area (Å²) in [5.74, 6) is -0.795. The Kier molecular flexibility index (Phi) is 3.36. The molecule has 0 radical (unpaired) electrons. The molecule has 1 aliphatic heterocycles. The number of alkyl halides is 3. The van der Waals surface area contributed by atoms with E-state index in [0.29, 0.717) is 6.07 Å². The van der Waals surface area contributed by atoms with Crippen molar-refractivity contribution in [1.29, 1.82) is 0 Å². The number of aliphatic hydroxyl groups is 1. The summed E-state index contributed by atoms with van der Waals surface area (Å²) >= 11 is 7.22. The van der Waals surface area contributed by atoms with Gasteiger partial charge in [0.15, 0.2) is 0 Å². The molecule has 1 heterocycles. The first kappa shape index (κ1) is 13.7. The molecule has 1 amide bonds. The van der Waals surface area contributed by atoms with Crippen molar-refractivity contribution < 1.29 is 23.1 Å². The molecular weight excluding hydrogens is 387 g/mol. The number of benzene rings is 1. The molecule has 1 aromatic carbocycles. The van der Waals surface area contributed by atoms with Crippen molar-refractivity contribution >= 4 is 45.8 Å². The van der Waals surface area contributed by atoms with Crippen LogP contribution in [0.25, 0.3) is 0 Å². The molecule has 0 saturated heterocycles. The lowest BCUT2D eigenvalue weighted by Crippen LogP contribution is -2.45. The zero-order valence-electron chi connectivity index (χ0n) is 8.40. The first-order valence-corrected chi connectivity index (χ1v) is 6.02. The van der Waals surface area contributed by atoms with Gasteiger partial charge in [-0.3, -0.25) is 4.79 Å². The molecular formula is C9H5ClF3IN2O2. The number of carbonyl (C=O) groups is 1. The van der Waals surface area contributed by atoms with E-state index in [2.05, 4.69) is 10.6 Å². The van der Waals surface area contributed by atoms with Gasteiger partial charge in [-0.25, -0.2) is 0 Å². The third-order valence-electron chi connectivity index (χ3n) is 2.31. The first-order valence-electron chi connectivity index (χ1n) is 4.56. The molecule has 0 aliphatic carbocycles. The second kappa shape index (κ2) is 4.42. The van der Waals surface area contributed by atoms with Gasteiger partial charge in [0.25, 0.3) is 5.91 Å². The van der Waals surface area contributed by atoms with Gasteiger partial charge in [0.1, 0.15) is 0 Å². The Hall–Kier alpha value is -0.740. The van der Waals surface area contributed by atoms with Crippen LogP contribution in [0.4, 0.5) is 18.9 Å². The third-order valence-corrected chi connectivity index (χ3v) is 4.10. The van der Waals surface area contributed by atoms with Crippen molar-refractivity contribution in [2.75, 3.05) is 5.32 Å². The fourth-order valence-electron chi connectivity index (χ4n) is 1.53. The Morgan fingerprint density at radius 2 is 2.00 bits per heavy atom. The van der Waals surface area contributed by atoms with Crippen LogP contribution in [0, 0.1) is 3.57 Å². The quantitative estimate of drug-likeness (QED) is 0.594. The minimum atomic E-state index is -4.65. The largest absolute Gasteiger partial charge is 0.417 e. The highest BCUT2D eigenvalue weighted by Crippen LogP contribution is 2.42. The van der Waals surface area contributed by atoms with Gasteiger partial charge in [-0.1, -0.05) is 11.6 Å². The van der Waals surface area contributed by atoms with Crippen LogP contribution >= 0.6 is 34.2 Å². The Balaban J connectivity index is 2.69. The summed E-state index contributed by atoms with van der Waals surface area (Å²) in [5, 5.41) is 13.3. The number of rotatable bonds is 0. The SMILES string of the molecule is O=C1NC(O)Nc2c1cc(C(F)(F)F)c(Cl)c2I. The Morgan fingerprint density at radius 3 is 2.56 bits per heavy atom. The highest BCUT2D eigenvalue weighted by atomic mass is 127. The molecule has 0 fully saturated rings. The fraction of sp³-hybridized carbons (Fsp3) is 0.222. The van der Waals surface area contributed by atoms with Gasteiger partial charge in [-0.2, -0.15) is 13.2 Å². The van der Waals surface area contributed by atoms with Crippen LogP contribution in [0.1, 0.15) is 15.9 Å². The predicted molar refractivity (Wildman–Crippen MR) is 66.3 cm³/mol. The van der Waals surface area contributed by atoms with Crippen molar-refractivity contribution in [3.8, 4) is 0 Å². The Bertz CT molecular complexity index is 536. The molecule has 0 aromatic heterocycles. The van der Waals surface area contributed by atoms with Crippen LogP contribution in [0.3, 0.4) is 0 Å². The molecule has 4 nitrogen and oxygen atoms in total. The van der Waals surface area contributed by atoms with E-state index in [1.54, 1.807) is 22.6 Å². The fourth-order valence-corrected chi connectivity index (χ4v) is 2.52. The summed E-state index contributed by atoms with van der Waals surface area (Å²) in [7, 11) is 0. The van der Waals surface area contributed by atoms with Crippen LogP contribution in [-0.2, 0) is 6.18 Å². The van der Waals surface area contributed by atoms with E-state index in [1.807, 2.05) is 0 Å². The maximum atomic E-state index is 12.7. The van der Waals surface area contributed by atoms with Gasteiger partial charge in [0.05, 0.1) is 25.4 Å². The van der Waals surface area contributed by atoms with Gasteiger partial charge in [0, 0.05) is 0 Å². The lowest BCUT2D eigenvalue weighted by molar-refractivity contribution is -0.137. The molecule has 0 spiro atoms. The zero-order valence-corrected chi connectivity index (χ0v) is 11.3. The average Bonchev–Trinajstić information content (AvgIpc) is 2.22. The van der Waals surface area contributed by atoms with Crippen molar-refractivity contribution in [2.45, 2.75) is 12.5 Å². The van der Waals surface area contributed by atoms with Crippen LogP contribution in [0.15, 0.2) is 6.07 Å². The van der Waals surface area contributed by atoms with E-state index in [9.17, 15) is 23.1 Å². The highest BCUT2D eigenvalue weighted by Gasteiger charge is 2.37. The normalized spacial score (nSPS) is 19.0. The van der Waals surface area contributed by atoms with E-state index in [0.717, 1.165) is 0 Å². The van der Waals surface area contributed by atoms with Crippen molar-refractivity contribution in [1.82, 2.24) is 5.32 Å². The van der Waals surface area contributed by atoms with Crippen LogP contribution < -0.4 is 10.6 Å². The van der Waals surface area contributed by atoms with Gasteiger partial charge < -0.3 is 15.7 Å². The second-order valence-corrected chi connectivity index (χ2v) is 4.95. The maximum absolute atomic E-state index is 12.7. The number of nitrogens with one attached hydrogen (secondary N) is 2. The topological polar surface area (TPSA) is 61.4 Å². The summed E-state index contributed by atoms with van der Waals surface area (Å²) < 4.78 is 38.2. The minimum Gasteiger partial charge on any atom is -0.356 e. The number of amides is 1. The molecule has 98 valence electrons. The third kappa shape index (κ3) is 2.24. The summed E-state index contributed by atoms with van der Waals surface area (Å²) in [5.41, 5.74) is -1.20. The van der Waals surface area contributed by atoms with E-state index in [4.69, 9.17) is 11.6 Å². The van der Waals surface area contributed by atoms with Gasteiger partial charge in [0.2, 0.25) is 6.35 Å². The van der Waals surface area contributed by atoms with E-state index in [1.165, 1.54) is 0 Å². The Labute approximate surface area is 118 Å². The number of hydrogen-bond acceptors (Lipinski definition) is 3. The number of fused-ring (bicyclic) bond motifs is 1. The van der Waals surface area contributed by atoms with E-state index in [-0.39, 0.29) is 14.8 Å². The van der Waals surface area contributed by atoms with E-state index >= 15 is 0 Å². The molecule has 0 bridgehead atoms. The summed E-state index contributed by atoms with van der Waals surface area (Å²) in [6, 6.07) is 0.661. The second-order valence-electron chi connectivity index (χ2n) is 3.49. The smallest absolute Gasteiger partial charge is 0.356 e. The predicted octanol–water partition coefficient (Wildman–Crippen LogP) is 2.39. The standard InChI is InChI=1S/C9H5ClF3IN2O2/c10-4-3(9(11,12)13)1-2-6(5(4)14)15-8(18)16-7(2)17/h1,8,15,18H,(H,16,17). The molecule has 1 aliphatic rings. The highest BCUT2D eigenvalue weighted by molar-refractivity contribution is 14.1. The molecule has 18 heavy (non-hydrogen) atoms. The van der Waals surface area contributed by atoms with Crippen molar-refractivity contribution in [3.63, 3.8) is 0 Å². The molecule has 1 atom stereocenters. The van der Waals surface area contributed by atoms with Crippen molar-refractivity contribution in [2.24, 2.45) is 0 Å². The van der Waals surface area contributed by atoms with Crippen molar-refractivity contribution in [3.05, 3.63) is 25.8 Å². The number of carbonyl (C=O) groups excluding carboxylic acids is 1. The lowest BCUT2D eigenvalue weighted by Gasteiger charge is -2.26. The van der Waals surface area contributed by atoms with Crippen LogP contribution in [-0.4, -0.2) is 17.4 Å². The van der Waals surface area contributed by atoms with E-state index < -0.39 is 29.0 Å². The summed E-state index contributed by atoms with van der Waals surface area (Å²) in [4.78, 5) is 11.5. The molecule has 0 saturated carbocycles. The monoisotopic (exact) mass is 392 g/mol. The van der Waals surface area contributed by atoms with Crippen LogP contribution in [0.5, 0.6) is 0 Å². The number of aliphatic hydroxyl groups excluding tert-OH is 1. The van der Waals surface area contributed by atoms with Gasteiger partial charge in [-0.05, 0) is 28.7 Å². The van der Waals surface area contributed by atoms with Gasteiger partial charge in [-0.15, -0.1) is 0 Å². The number of anilines is 1. The maximum Gasteiger partial charge on any atom is 0.417 e. The number of halogens is 5. The Morgan fingerprint density at radius 1 is 1.39 bits per heavy atom. The average molecular weight is 393 g/mol. The molecule has 1 aromatic rings. The molecule has 1 unspecified atom stereocenters. The van der Waals surface area contributed by atoms with Crippen LogP contribution in [0.2, 0.25) is 5.02 Å². The molecule has 2 rings (SSSR count). The molecule has 3 N–H and O–H groups in total. The lowest BCUT2D eigenvalue weighted by atomic mass is 10.1. The van der Waals surface area contributed by atoms with Gasteiger partial charge >= 0.3 is 6.18 Å². The summed E-state index contributed by atoms with van der Waals surface area (Å²) in [6.07, 6.45) is -6.01. The minimum absolute atomic E-state index is 0.0352. The zero-order chi connectivity index (χ0) is 13.7. The first-order chi connectivity index (χ1) is 8.21.